The average molecular weight is 837 g/mol. The van der Waals surface area contributed by atoms with Crippen molar-refractivity contribution >= 4 is 48.1 Å². The SMILES string of the molecule is CC(C)c1ccc(-c2cccc3[cH-]c(C4CCCCC4)cc23)cc1.CCc1cc2c(-c3ccc(C4CCCCC4)cc3)cccc2[cH-]1.C[Si]C.[Cl][Zr+2][Cl]. The molecule has 53 heavy (non-hydrogen) atoms. The van der Waals surface area contributed by atoms with Crippen LogP contribution in [0.15, 0.2) is 109 Å². The molecule has 0 bridgehead atoms. The van der Waals surface area contributed by atoms with Gasteiger partial charge in [-0.2, -0.15) is 12.1 Å². The molecular weight excluding hydrogens is 779 g/mol. The fraction of sp³-hybridized carbons (Fsp3) is 0.388. The van der Waals surface area contributed by atoms with Gasteiger partial charge in [-0.05, 0) is 72.1 Å². The number of halogens is 2. The summed E-state index contributed by atoms with van der Waals surface area (Å²) in [4.78, 5) is 0. The van der Waals surface area contributed by atoms with Gasteiger partial charge < -0.3 is 0 Å². The Balaban J connectivity index is 0.000000178. The molecule has 2 saturated carbocycles. The number of hydrogen-bond donors (Lipinski definition) is 0. The van der Waals surface area contributed by atoms with Gasteiger partial charge in [0.15, 0.2) is 0 Å². The number of hydrogen-bond acceptors (Lipinski definition) is 0. The molecule has 0 saturated heterocycles. The molecule has 2 fully saturated rings. The Kier molecular flexibility index (Phi) is 17.2. The molecule has 6 aromatic rings. The maximum absolute atomic E-state index is 4.93. The van der Waals surface area contributed by atoms with Crippen LogP contribution in [0.4, 0.5) is 0 Å². The summed E-state index contributed by atoms with van der Waals surface area (Å²) in [5.74, 6) is 2.16. The predicted molar refractivity (Wildman–Crippen MR) is 234 cm³/mol. The van der Waals surface area contributed by atoms with Crippen molar-refractivity contribution < 1.29 is 20.8 Å². The third-order valence-electron chi connectivity index (χ3n) is 11.3. The van der Waals surface area contributed by atoms with Crippen molar-refractivity contribution in [3.63, 3.8) is 0 Å². The average Bonchev–Trinajstić information content (AvgIpc) is 3.85. The second-order valence-electron chi connectivity index (χ2n) is 15.3. The van der Waals surface area contributed by atoms with Crippen molar-refractivity contribution in [3.05, 3.63) is 131 Å². The zero-order chi connectivity index (χ0) is 37.6. The van der Waals surface area contributed by atoms with Gasteiger partial charge in [-0.25, -0.2) is 0 Å². The van der Waals surface area contributed by atoms with Gasteiger partial charge in [-0.15, -0.1) is 69.1 Å². The molecule has 2 aliphatic carbocycles. The van der Waals surface area contributed by atoms with E-state index in [4.69, 9.17) is 17.0 Å². The molecule has 6 aromatic carbocycles. The molecule has 2 aliphatic rings. The zero-order valence-corrected chi connectivity index (χ0v) is 37.6. The zero-order valence-electron chi connectivity index (χ0n) is 32.7. The summed E-state index contributed by atoms with van der Waals surface area (Å²) in [6.45, 7) is 11.0. The number of rotatable bonds is 6. The molecule has 4 heteroatoms. The monoisotopic (exact) mass is 834 g/mol. The topological polar surface area (TPSA) is 0 Å². The first kappa shape index (κ1) is 41.9. The molecule has 0 aliphatic heterocycles. The fourth-order valence-corrected chi connectivity index (χ4v) is 8.35. The molecule has 2 radical (unpaired) electrons. The third kappa shape index (κ3) is 11.4. The quantitative estimate of drug-likeness (QED) is 0.116. The van der Waals surface area contributed by atoms with E-state index in [0.29, 0.717) is 5.92 Å². The van der Waals surface area contributed by atoms with E-state index in [9.17, 15) is 0 Å². The molecule has 0 atom stereocenters. The van der Waals surface area contributed by atoms with Crippen LogP contribution in [0.1, 0.15) is 125 Å². The summed E-state index contributed by atoms with van der Waals surface area (Å²) in [6.07, 6.45) is 15.0. The van der Waals surface area contributed by atoms with E-state index in [-0.39, 0.29) is 0 Å². The van der Waals surface area contributed by atoms with Crippen LogP contribution in [0, 0.1) is 0 Å². The molecule has 0 aromatic heterocycles. The second kappa shape index (κ2) is 21.8. The summed E-state index contributed by atoms with van der Waals surface area (Å²) in [7, 11) is 11.0. The third-order valence-corrected chi connectivity index (χ3v) is 11.3. The van der Waals surface area contributed by atoms with Gasteiger partial charge in [-0.3, -0.25) is 0 Å². The normalized spacial score (nSPS) is 14.8. The molecule has 0 nitrogen and oxygen atoms in total. The summed E-state index contributed by atoms with van der Waals surface area (Å²) < 4.78 is 0. The van der Waals surface area contributed by atoms with Crippen molar-refractivity contribution in [2.45, 2.75) is 122 Å². The molecule has 0 amide bonds. The summed E-state index contributed by atoms with van der Waals surface area (Å²) in [6, 6.07) is 41.6. The summed E-state index contributed by atoms with van der Waals surface area (Å²) in [5.41, 5.74) is 11.4. The number of aryl methyl sites for hydroxylation is 1. The number of benzene rings is 4. The first-order valence-electron chi connectivity index (χ1n) is 20.0. The number of fused-ring (bicyclic) bond motifs is 2. The van der Waals surface area contributed by atoms with E-state index >= 15 is 0 Å². The van der Waals surface area contributed by atoms with Gasteiger partial charge in [0, 0.05) is 9.52 Å². The van der Waals surface area contributed by atoms with Crippen LogP contribution in [0.3, 0.4) is 0 Å². The fourth-order valence-electron chi connectivity index (χ4n) is 8.35. The van der Waals surface area contributed by atoms with Gasteiger partial charge in [0.25, 0.3) is 0 Å². The molecule has 0 spiro atoms. The Morgan fingerprint density at radius 1 is 0.642 bits per heavy atom. The first-order chi connectivity index (χ1) is 25.9. The Hall–Kier alpha value is -2.22. The second-order valence-corrected chi connectivity index (χ2v) is 20.0. The van der Waals surface area contributed by atoms with Crippen molar-refractivity contribution in [2.75, 3.05) is 0 Å². The molecule has 0 unspecified atom stereocenters. The Morgan fingerprint density at radius 3 is 1.62 bits per heavy atom. The van der Waals surface area contributed by atoms with Crippen LogP contribution < -0.4 is 0 Å². The van der Waals surface area contributed by atoms with Gasteiger partial charge in [0.1, 0.15) is 0 Å². The van der Waals surface area contributed by atoms with Gasteiger partial charge in [-0.1, -0.05) is 144 Å². The molecule has 0 N–H and O–H groups in total. The van der Waals surface area contributed by atoms with Crippen LogP contribution in [-0.4, -0.2) is 9.52 Å². The predicted octanol–water partition coefficient (Wildman–Crippen LogP) is 16.4. The Morgan fingerprint density at radius 2 is 1.11 bits per heavy atom. The van der Waals surface area contributed by atoms with Gasteiger partial charge in [0.2, 0.25) is 0 Å². The molecule has 276 valence electrons. The van der Waals surface area contributed by atoms with E-state index in [1.165, 1.54) is 125 Å². The van der Waals surface area contributed by atoms with Crippen LogP contribution in [0.25, 0.3) is 43.8 Å². The van der Waals surface area contributed by atoms with Crippen LogP contribution >= 0.6 is 17.0 Å². The van der Waals surface area contributed by atoms with Gasteiger partial charge >= 0.3 is 37.9 Å². The van der Waals surface area contributed by atoms with Crippen LogP contribution in [0.5, 0.6) is 0 Å². The maximum atomic E-state index is 4.93. The van der Waals surface area contributed by atoms with Crippen molar-refractivity contribution in [3.8, 4) is 22.3 Å². The van der Waals surface area contributed by atoms with Crippen LogP contribution in [0.2, 0.25) is 13.1 Å². The molecule has 0 heterocycles. The molecular formula is C49H58Cl2SiZr. The van der Waals surface area contributed by atoms with E-state index in [1.807, 2.05) is 0 Å². The minimum absolute atomic E-state index is 0.590. The van der Waals surface area contributed by atoms with E-state index in [0.717, 1.165) is 27.8 Å². The van der Waals surface area contributed by atoms with Crippen molar-refractivity contribution in [1.82, 2.24) is 0 Å². The van der Waals surface area contributed by atoms with E-state index in [2.05, 4.69) is 143 Å². The van der Waals surface area contributed by atoms with E-state index < -0.39 is 20.8 Å². The minimum atomic E-state index is -0.826. The van der Waals surface area contributed by atoms with Crippen molar-refractivity contribution in [1.29, 1.82) is 0 Å². The van der Waals surface area contributed by atoms with E-state index in [1.54, 1.807) is 5.56 Å². The van der Waals surface area contributed by atoms with Gasteiger partial charge in [0.05, 0.1) is 0 Å². The standard InChI is InChI=1S/C24H27.C23H25.C2H6Si.2ClH.Zr/c1-17(2)18-11-13-20(14-12-18)23-10-6-9-21-15-22(16-24(21)23)19-7-4-3-5-8-19;1-2-17-15-21-9-6-10-22(23(21)16-17)20-13-11-19(12-14-20)18-7-4-3-5-8-18;1-3-2;;;/h6,9-17,19H,3-5,7-8H2,1-2H3;6,9-16,18H,2-5,7-8H2,1H3;1-2H3;2*1H;/q2*-1;;;;+4/p-2. The molecule has 8 rings (SSSR count). The summed E-state index contributed by atoms with van der Waals surface area (Å²) >= 11 is -0.826. The summed E-state index contributed by atoms with van der Waals surface area (Å²) in [5, 5.41) is 5.60. The van der Waals surface area contributed by atoms with Crippen molar-refractivity contribution in [2.24, 2.45) is 0 Å². The Bertz CT molecular complexity index is 1940. The Labute approximate surface area is 342 Å². The van der Waals surface area contributed by atoms with Crippen LogP contribution in [-0.2, 0) is 27.3 Å². The first-order valence-corrected chi connectivity index (χ1v) is 28.4.